The Labute approximate surface area is 111 Å². The second kappa shape index (κ2) is 5.45. The maximum Gasteiger partial charge on any atom is 0.410 e. The molecule has 2 fully saturated rings. The molecule has 1 atom stereocenters. The van der Waals surface area contributed by atoms with Gasteiger partial charge in [0.1, 0.15) is 5.60 Å². The zero-order valence-corrected chi connectivity index (χ0v) is 11.3. The van der Waals surface area contributed by atoms with Gasteiger partial charge in [0, 0.05) is 26.2 Å². The monoisotopic (exact) mass is 257 g/mol. The number of hydrogen-bond donors (Lipinski definition) is 0. The van der Waals surface area contributed by atoms with Gasteiger partial charge in [0.25, 0.3) is 0 Å². The normalized spacial score (nSPS) is 25.6. The number of amides is 1. The van der Waals surface area contributed by atoms with E-state index in [9.17, 15) is 4.79 Å². The molecule has 0 saturated carbocycles. The summed E-state index contributed by atoms with van der Waals surface area (Å²) in [5.74, 6) is 0. The summed E-state index contributed by atoms with van der Waals surface area (Å²) >= 11 is 0. The molecule has 5 nitrogen and oxygen atoms in total. The lowest BCUT2D eigenvalue weighted by Crippen LogP contribution is -2.56. The van der Waals surface area contributed by atoms with Crippen molar-refractivity contribution in [2.45, 2.75) is 40.0 Å². The largest absolute Gasteiger partial charge is 0.444 e. The van der Waals surface area contributed by atoms with Gasteiger partial charge in [-0.2, -0.15) is 0 Å². The molecular weight excluding hydrogens is 230 g/mol. The third kappa shape index (κ3) is 3.36. The van der Waals surface area contributed by atoms with Crippen molar-refractivity contribution in [3.05, 3.63) is 0 Å². The molecule has 0 aromatic heterocycles. The minimum atomic E-state index is -0.407. The molecule has 0 aromatic carbocycles. The lowest BCUT2D eigenvalue weighted by atomic mass is 10.2. The predicted octanol–water partition coefficient (Wildman–Crippen LogP) is 1.45. The minimum absolute atomic E-state index is 0. The molecule has 5 heteroatoms. The van der Waals surface area contributed by atoms with Crippen LogP contribution in [0.4, 0.5) is 4.79 Å². The third-order valence-electron chi connectivity index (χ3n) is 3.36. The van der Waals surface area contributed by atoms with Crippen molar-refractivity contribution in [1.82, 2.24) is 14.7 Å². The number of hydrogen-bond acceptors (Lipinski definition) is 4. The molecule has 2 aliphatic rings. The first kappa shape index (κ1) is 15.2. The lowest BCUT2D eigenvalue weighted by Gasteiger charge is -2.39. The summed E-state index contributed by atoms with van der Waals surface area (Å²) in [6.45, 7) is 10.4. The average Bonchev–Trinajstić information content (AvgIpc) is 2.57. The van der Waals surface area contributed by atoms with Gasteiger partial charge < -0.3 is 9.64 Å². The number of carbonyl (C=O) groups excluding carboxylic acids is 1. The number of ether oxygens (including phenoxy) is 1. The van der Waals surface area contributed by atoms with Crippen LogP contribution in [0.1, 0.15) is 28.2 Å². The van der Waals surface area contributed by atoms with E-state index in [0.29, 0.717) is 6.17 Å². The molecule has 0 aliphatic carbocycles. The fourth-order valence-electron chi connectivity index (χ4n) is 2.41. The van der Waals surface area contributed by atoms with E-state index in [1.165, 1.54) is 0 Å². The van der Waals surface area contributed by atoms with Gasteiger partial charge in [-0.05, 0) is 27.8 Å². The van der Waals surface area contributed by atoms with Gasteiger partial charge in [0.2, 0.25) is 0 Å². The quantitative estimate of drug-likeness (QED) is 0.658. The molecule has 1 amide bonds. The van der Waals surface area contributed by atoms with E-state index in [1.807, 2.05) is 25.7 Å². The van der Waals surface area contributed by atoms with E-state index < -0.39 is 5.60 Å². The molecule has 0 bridgehead atoms. The first-order valence-electron chi connectivity index (χ1n) is 6.29. The highest BCUT2D eigenvalue weighted by atomic mass is 16.6. The third-order valence-corrected chi connectivity index (χ3v) is 3.36. The standard InChI is InChI=1S/C12H23N3O2.CH4/c1-12(2,3)17-11(16)15-8-7-14-6-5-13(4)10(14)9-15;/h10H,5-9H2,1-4H3;1H4. The smallest absolute Gasteiger partial charge is 0.410 e. The summed E-state index contributed by atoms with van der Waals surface area (Å²) < 4.78 is 5.41. The van der Waals surface area contributed by atoms with Gasteiger partial charge in [-0.1, -0.05) is 7.43 Å². The highest BCUT2D eigenvalue weighted by Crippen LogP contribution is 2.19. The van der Waals surface area contributed by atoms with Gasteiger partial charge in [-0.25, -0.2) is 4.79 Å². The van der Waals surface area contributed by atoms with Crippen molar-refractivity contribution in [2.75, 3.05) is 39.8 Å². The lowest BCUT2D eigenvalue weighted by molar-refractivity contribution is -0.00260. The van der Waals surface area contributed by atoms with E-state index >= 15 is 0 Å². The molecule has 1 unspecified atom stereocenters. The molecule has 18 heavy (non-hydrogen) atoms. The highest BCUT2D eigenvalue weighted by molar-refractivity contribution is 5.68. The van der Waals surface area contributed by atoms with Gasteiger partial charge >= 0.3 is 6.09 Å². The van der Waals surface area contributed by atoms with Crippen LogP contribution in [0.2, 0.25) is 0 Å². The molecule has 0 radical (unpaired) electrons. The Balaban J connectivity index is 0.00000162. The van der Waals surface area contributed by atoms with Crippen LogP contribution in [-0.2, 0) is 4.74 Å². The van der Waals surface area contributed by atoms with Crippen LogP contribution in [0.15, 0.2) is 0 Å². The van der Waals surface area contributed by atoms with E-state index in [2.05, 4.69) is 16.8 Å². The summed E-state index contributed by atoms with van der Waals surface area (Å²) in [6, 6.07) is 0. The molecular formula is C13H27N3O2. The van der Waals surface area contributed by atoms with Crippen LogP contribution in [0.3, 0.4) is 0 Å². The zero-order chi connectivity index (χ0) is 12.6. The molecule has 0 spiro atoms. The summed E-state index contributed by atoms with van der Waals surface area (Å²) in [5, 5.41) is 0. The van der Waals surface area contributed by atoms with Crippen molar-refractivity contribution in [1.29, 1.82) is 0 Å². The molecule has 2 rings (SSSR count). The van der Waals surface area contributed by atoms with Crippen molar-refractivity contribution in [3.8, 4) is 0 Å². The first-order chi connectivity index (χ1) is 7.87. The highest BCUT2D eigenvalue weighted by Gasteiger charge is 2.37. The number of likely N-dealkylation sites (N-methyl/N-ethyl adjacent to an activating group) is 1. The maximum atomic E-state index is 12.0. The SMILES string of the molecule is C.CN1CCN2CCN(C(=O)OC(C)(C)C)CC12. The van der Waals surface area contributed by atoms with E-state index in [4.69, 9.17) is 4.74 Å². The summed E-state index contributed by atoms with van der Waals surface area (Å²) in [4.78, 5) is 18.5. The topological polar surface area (TPSA) is 36.0 Å². The second-order valence-corrected chi connectivity index (χ2v) is 5.92. The minimum Gasteiger partial charge on any atom is -0.444 e. The van der Waals surface area contributed by atoms with Crippen LogP contribution >= 0.6 is 0 Å². The van der Waals surface area contributed by atoms with Crippen LogP contribution in [0.5, 0.6) is 0 Å². The van der Waals surface area contributed by atoms with Crippen molar-refractivity contribution in [3.63, 3.8) is 0 Å². The van der Waals surface area contributed by atoms with Crippen LogP contribution in [-0.4, -0.2) is 72.3 Å². The Hall–Kier alpha value is -0.810. The molecule has 0 N–H and O–H groups in total. The fraction of sp³-hybridized carbons (Fsp3) is 0.923. The first-order valence-corrected chi connectivity index (χ1v) is 6.29. The summed E-state index contributed by atoms with van der Waals surface area (Å²) in [6.07, 6.45) is 0.189. The Morgan fingerprint density at radius 3 is 2.39 bits per heavy atom. The predicted molar refractivity (Wildman–Crippen MR) is 72.5 cm³/mol. The summed E-state index contributed by atoms with van der Waals surface area (Å²) in [7, 11) is 2.11. The molecule has 2 saturated heterocycles. The maximum absolute atomic E-state index is 12.0. The molecule has 106 valence electrons. The average molecular weight is 257 g/mol. The Morgan fingerprint density at radius 1 is 1.17 bits per heavy atom. The van der Waals surface area contributed by atoms with Crippen LogP contribution in [0.25, 0.3) is 0 Å². The number of carbonyl (C=O) groups is 1. The van der Waals surface area contributed by atoms with E-state index in [0.717, 1.165) is 32.7 Å². The number of fused-ring (bicyclic) bond motifs is 1. The van der Waals surface area contributed by atoms with Crippen LogP contribution in [0, 0.1) is 0 Å². The van der Waals surface area contributed by atoms with Gasteiger partial charge in [0.15, 0.2) is 0 Å². The van der Waals surface area contributed by atoms with Gasteiger partial charge in [-0.3, -0.25) is 9.80 Å². The van der Waals surface area contributed by atoms with E-state index in [1.54, 1.807) is 0 Å². The summed E-state index contributed by atoms with van der Waals surface area (Å²) in [5.41, 5.74) is -0.407. The van der Waals surface area contributed by atoms with Crippen molar-refractivity contribution < 1.29 is 9.53 Å². The molecule has 2 heterocycles. The van der Waals surface area contributed by atoms with Gasteiger partial charge in [-0.15, -0.1) is 0 Å². The second-order valence-electron chi connectivity index (χ2n) is 5.92. The van der Waals surface area contributed by atoms with Crippen LogP contribution < -0.4 is 0 Å². The number of nitrogens with zero attached hydrogens (tertiary/aromatic N) is 3. The fourth-order valence-corrected chi connectivity index (χ4v) is 2.41. The van der Waals surface area contributed by atoms with Gasteiger partial charge in [0.05, 0.1) is 12.7 Å². The number of piperazine rings is 1. The Bertz CT molecular complexity index is 301. The number of rotatable bonds is 0. The van der Waals surface area contributed by atoms with Crippen molar-refractivity contribution >= 4 is 6.09 Å². The molecule has 2 aliphatic heterocycles. The van der Waals surface area contributed by atoms with E-state index in [-0.39, 0.29) is 13.5 Å². The molecule has 0 aromatic rings. The Kier molecular flexibility index (Phi) is 4.61. The van der Waals surface area contributed by atoms with Crippen molar-refractivity contribution in [2.24, 2.45) is 0 Å². The Morgan fingerprint density at radius 2 is 1.78 bits per heavy atom. The zero-order valence-electron chi connectivity index (χ0n) is 11.3.